The van der Waals surface area contributed by atoms with Crippen molar-refractivity contribution < 1.29 is 9.90 Å². The lowest BCUT2D eigenvalue weighted by Gasteiger charge is -2.27. The quantitative estimate of drug-likeness (QED) is 0.482. The highest BCUT2D eigenvalue weighted by atomic mass is 31.2. The van der Waals surface area contributed by atoms with Crippen LogP contribution in [0.4, 0.5) is 0 Å². The summed E-state index contributed by atoms with van der Waals surface area (Å²) in [5.41, 5.74) is 1.29. The second-order valence-electron chi connectivity index (χ2n) is 7.00. The van der Waals surface area contributed by atoms with Gasteiger partial charge in [-0.25, -0.2) is 0 Å². The number of benzene rings is 4. The first-order chi connectivity index (χ1) is 14.5. The van der Waals surface area contributed by atoms with Crippen molar-refractivity contribution in [2.75, 3.05) is 0 Å². The zero-order chi connectivity index (χ0) is 21.4. The maximum absolute atomic E-state index is 8.89. The van der Waals surface area contributed by atoms with E-state index in [1.807, 2.05) is 0 Å². The first kappa shape index (κ1) is 21.5. The Kier molecular flexibility index (Phi) is 7.17. The Balaban J connectivity index is 0.000000589. The summed E-state index contributed by atoms with van der Waals surface area (Å²) in [7, 11) is -1.93. The van der Waals surface area contributed by atoms with Crippen molar-refractivity contribution in [2.45, 2.75) is 13.8 Å². The van der Waals surface area contributed by atoms with Gasteiger partial charge in [-0.05, 0) is 62.4 Å². The molecule has 4 rings (SSSR count). The maximum atomic E-state index is 8.89. The predicted molar refractivity (Wildman–Crippen MR) is 127 cm³/mol. The van der Waals surface area contributed by atoms with E-state index in [0.717, 1.165) is 6.92 Å². The molecule has 0 bridgehead atoms. The molecule has 0 aliphatic rings. The van der Waals surface area contributed by atoms with Gasteiger partial charge in [0.2, 0.25) is 0 Å². The SMILES string of the molecule is CC(=O)[O-].Cc1ccc([P+](c2ccccc2)(c2ccccc2)c2ccccc2)cc1. The van der Waals surface area contributed by atoms with Gasteiger partial charge in [0.05, 0.1) is 0 Å². The minimum Gasteiger partial charge on any atom is -0.550 e. The Bertz CT molecular complexity index is 959. The van der Waals surface area contributed by atoms with Gasteiger partial charge in [-0.1, -0.05) is 72.3 Å². The molecule has 0 saturated heterocycles. The third-order valence-corrected chi connectivity index (χ3v) is 9.14. The first-order valence-electron chi connectivity index (χ1n) is 9.86. The van der Waals surface area contributed by atoms with E-state index in [4.69, 9.17) is 9.90 Å². The fraction of sp³-hybridized carbons (Fsp3) is 0.0741. The molecule has 0 unspecified atom stereocenters. The van der Waals surface area contributed by atoms with E-state index in [0.29, 0.717) is 0 Å². The number of carboxylic acid groups (broad SMARTS) is 1. The summed E-state index contributed by atoms with van der Waals surface area (Å²) in [6.07, 6.45) is 0. The molecule has 0 fully saturated rings. The molecule has 0 heterocycles. The smallest absolute Gasteiger partial charge is 0.144 e. The van der Waals surface area contributed by atoms with E-state index < -0.39 is 13.2 Å². The summed E-state index contributed by atoms with van der Waals surface area (Å²) in [5.74, 6) is -1.08. The summed E-state index contributed by atoms with van der Waals surface area (Å²) in [4.78, 5) is 8.89. The normalized spacial score (nSPS) is 10.6. The molecular weight excluding hydrogens is 387 g/mol. The molecular formula is C27H25O2P. The average molecular weight is 412 g/mol. The molecule has 0 N–H and O–H groups in total. The number of hydrogen-bond acceptors (Lipinski definition) is 2. The minimum atomic E-state index is -1.93. The topological polar surface area (TPSA) is 40.1 Å². The zero-order valence-corrected chi connectivity index (χ0v) is 18.1. The Morgan fingerprint density at radius 2 is 0.833 bits per heavy atom. The fourth-order valence-electron chi connectivity index (χ4n) is 3.62. The second kappa shape index (κ2) is 10.0. The number of carboxylic acids is 1. The Labute approximate surface area is 179 Å². The van der Waals surface area contributed by atoms with E-state index in [1.165, 1.54) is 26.8 Å². The van der Waals surface area contributed by atoms with Crippen molar-refractivity contribution in [1.29, 1.82) is 0 Å². The summed E-state index contributed by atoms with van der Waals surface area (Å²) in [6.45, 7) is 3.12. The van der Waals surface area contributed by atoms with Crippen LogP contribution in [0.5, 0.6) is 0 Å². The van der Waals surface area contributed by atoms with Gasteiger partial charge in [0.1, 0.15) is 28.5 Å². The average Bonchev–Trinajstić information content (AvgIpc) is 2.77. The number of carbonyl (C=O) groups excluding carboxylic acids is 1. The van der Waals surface area contributed by atoms with Gasteiger partial charge >= 0.3 is 0 Å². The van der Waals surface area contributed by atoms with Crippen molar-refractivity contribution in [2.24, 2.45) is 0 Å². The van der Waals surface area contributed by atoms with Crippen LogP contribution < -0.4 is 26.3 Å². The van der Waals surface area contributed by atoms with Crippen LogP contribution in [-0.2, 0) is 4.79 Å². The van der Waals surface area contributed by atoms with E-state index >= 15 is 0 Å². The molecule has 3 heteroatoms. The van der Waals surface area contributed by atoms with Gasteiger partial charge < -0.3 is 9.90 Å². The third-order valence-electron chi connectivity index (χ3n) is 4.85. The van der Waals surface area contributed by atoms with Crippen molar-refractivity contribution in [1.82, 2.24) is 0 Å². The summed E-state index contributed by atoms with van der Waals surface area (Å²) < 4.78 is 0. The van der Waals surface area contributed by atoms with Crippen molar-refractivity contribution in [3.8, 4) is 0 Å². The van der Waals surface area contributed by atoms with Crippen LogP contribution in [0.3, 0.4) is 0 Å². The van der Waals surface area contributed by atoms with Crippen molar-refractivity contribution in [3.63, 3.8) is 0 Å². The molecule has 150 valence electrons. The van der Waals surface area contributed by atoms with Gasteiger partial charge in [-0.15, -0.1) is 0 Å². The lowest BCUT2D eigenvalue weighted by molar-refractivity contribution is -0.302. The van der Waals surface area contributed by atoms with Gasteiger partial charge in [-0.2, -0.15) is 0 Å². The molecule has 0 aliphatic heterocycles. The van der Waals surface area contributed by atoms with Gasteiger partial charge in [0, 0.05) is 5.97 Å². The van der Waals surface area contributed by atoms with Crippen LogP contribution in [0.1, 0.15) is 12.5 Å². The van der Waals surface area contributed by atoms with Gasteiger partial charge in [0.25, 0.3) is 0 Å². The standard InChI is InChI=1S/C25H22P.C2H4O2/c1-21-17-19-25(20-18-21)26(22-11-5-2-6-12-22,23-13-7-3-8-14-23)24-15-9-4-10-16-24;1-2(3)4/h2-20H,1H3;1H3,(H,3,4)/q+1;/p-1. The molecule has 30 heavy (non-hydrogen) atoms. The Morgan fingerprint density at radius 1 is 0.567 bits per heavy atom. The highest BCUT2D eigenvalue weighted by Gasteiger charge is 2.47. The molecule has 0 radical (unpaired) electrons. The van der Waals surface area contributed by atoms with Crippen LogP contribution in [-0.4, -0.2) is 5.97 Å². The highest BCUT2D eigenvalue weighted by Crippen LogP contribution is 2.54. The number of aryl methyl sites for hydroxylation is 1. The molecule has 0 atom stereocenters. The number of hydrogen-bond donors (Lipinski definition) is 0. The van der Waals surface area contributed by atoms with Crippen molar-refractivity contribution >= 4 is 34.4 Å². The Morgan fingerprint density at radius 3 is 1.13 bits per heavy atom. The van der Waals surface area contributed by atoms with Crippen LogP contribution in [0, 0.1) is 6.92 Å². The second-order valence-corrected chi connectivity index (χ2v) is 10.4. The largest absolute Gasteiger partial charge is 0.550 e. The molecule has 4 aromatic carbocycles. The molecule has 4 aromatic rings. The third kappa shape index (κ3) is 4.67. The Hall–Kier alpha value is -3.22. The monoisotopic (exact) mass is 412 g/mol. The van der Waals surface area contributed by atoms with Crippen molar-refractivity contribution in [3.05, 3.63) is 121 Å². The first-order valence-corrected chi connectivity index (χ1v) is 11.6. The molecule has 0 aliphatic carbocycles. The van der Waals surface area contributed by atoms with Crippen LogP contribution >= 0.6 is 7.26 Å². The molecule has 0 amide bonds. The summed E-state index contributed by atoms with van der Waals surface area (Å²) in [5, 5.41) is 14.5. The maximum Gasteiger partial charge on any atom is 0.144 e. The lowest BCUT2D eigenvalue weighted by atomic mass is 10.2. The van der Waals surface area contributed by atoms with Crippen LogP contribution in [0.2, 0.25) is 0 Å². The van der Waals surface area contributed by atoms with E-state index in [-0.39, 0.29) is 0 Å². The fourth-order valence-corrected chi connectivity index (χ4v) is 7.86. The summed E-state index contributed by atoms with van der Waals surface area (Å²) in [6, 6.07) is 42.1. The summed E-state index contributed by atoms with van der Waals surface area (Å²) >= 11 is 0. The van der Waals surface area contributed by atoms with E-state index in [2.05, 4.69) is 122 Å². The highest BCUT2D eigenvalue weighted by molar-refractivity contribution is 8.01. The van der Waals surface area contributed by atoms with E-state index in [1.54, 1.807) is 0 Å². The zero-order valence-electron chi connectivity index (χ0n) is 17.2. The molecule has 0 spiro atoms. The number of aliphatic carboxylic acids is 1. The lowest BCUT2D eigenvalue weighted by Crippen LogP contribution is -2.38. The van der Waals surface area contributed by atoms with Gasteiger partial charge in [-0.3, -0.25) is 0 Å². The predicted octanol–water partition coefficient (Wildman–Crippen LogP) is 3.37. The molecule has 2 nitrogen and oxygen atoms in total. The minimum absolute atomic E-state index is 0.972. The number of carbonyl (C=O) groups is 1. The molecule has 0 aromatic heterocycles. The molecule has 0 saturated carbocycles. The van der Waals surface area contributed by atoms with Crippen LogP contribution in [0.15, 0.2) is 115 Å². The van der Waals surface area contributed by atoms with Gasteiger partial charge in [0.15, 0.2) is 0 Å². The number of rotatable bonds is 4. The van der Waals surface area contributed by atoms with E-state index in [9.17, 15) is 0 Å². The van der Waals surface area contributed by atoms with Crippen LogP contribution in [0.25, 0.3) is 0 Å².